The Labute approximate surface area is 207 Å². The summed E-state index contributed by atoms with van der Waals surface area (Å²) in [7, 11) is 0. The number of rotatable bonds is 5. The minimum atomic E-state index is -0.500. The molecule has 1 aliphatic rings. The highest BCUT2D eigenvalue weighted by atomic mass is 16.5. The fourth-order valence-corrected chi connectivity index (χ4v) is 4.31. The third-order valence-corrected chi connectivity index (χ3v) is 6.01. The standard InChI is InChI=1S/C31H19NO4/c33-29(20-8-3-1-4-9-20)25-18-19-26-28-24(25)12-7-13-27(28)31(34)36-30(26)32-21-14-16-23(17-15-21)35-22-10-5-2-6-11-22/h1-19H. The van der Waals surface area contributed by atoms with Crippen LogP contribution in [0, 0.1) is 0 Å². The van der Waals surface area contributed by atoms with E-state index in [4.69, 9.17) is 9.47 Å². The molecule has 5 heteroatoms. The Morgan fingerprint density at radius 3 is 2.11 bits per heavy atom. The SMILES string of the molecule is O=C(c1ccccc1)c1ccc2c3c(cccc13)C(=O)OC2=Nc1ccc(Oc2ccccc2)cc1. The minimum Gasteiger partial charge on any atom is -0.457 e. The summed E-state index contributed by atoms with van der Waals surface area (Å²) in [5.41, 5.74) is 2.79. The lowest BCUT2D eigenvalue weighted by Crippen LogP contribution is -2.21. The maximum absolute atomic E-state index is 13.2. The fraction of sp³-hybridized carbons (Fsp3) is 0. The van der Waals surface area contributed by atoms with Gasteiger partial charge in [-0.3, -0.25) is 4.79 Å². The first-order valence-corrected chi connectivity index (χ1v) is 11.5. The van der Waals surface area contributed by atoms with Gasteiger partial charge in [-0.25, -0.2) is 9.79 Å². The Hall–Kier alpha value is -5.03. The van der Waals surface area contributed by atoms with Crippen LogP contribution in [0.4, 0.5) is 5.69 Å². The van der Waals surface area contributed by atoms with Gasteiger partial charge in [-0.2, -0.15) is 0 Å². The minimum absolute atomic E-state index is 0.106. The summed E-state index contributed by atoms with van der Waals surface area (Å²) >= 11 is 0. The average molecular weight is 469 g/mol. The van der Waals surface area contributed by atoms with Crippen LogP contribution in [0.3, 0.4) is 0 Å². The maximum Gasteiger partial charge on any atom is 0.345 e. The lowest BCUT2D eigenvalue weighted by atomic mass is 9.90. The number of nitrogens with zero attached hydrogens (tertiary/aromatic N) is 1. The van der Waals surface area contributed by atoms with Crippen molar-refractivity contribution in [3.8, 4) is 11.5 Å². The van der Waals surface area contributed by atoms with E-state index in [-0.39, 0.29) is 11.7 Å². The Kier molecular flexibility index (Phi) is 5.35. The van der Waals surface area contributed by atoms with E-state index in [0.29, 0.717) is 44.5 Å². The van der Waals surface area contributed by atoms with Crippen molar-refractivity contribution in [1.82, 2.24) is 0 Å². The zero-order valence-electron chi connectivity index (χ0n) is 19.0. The van der Waals surface area contributed by atoms with Gasteiger partial charge in [0, 0.05) is 22.1 Å². The summed E-state index contributed by atoms with van der Waals surface area (Å²) in [6.07, 6.45) is 0. The summed E-state index contributed by atoms with van der Waals surface area (Å²) < 4.78 is 11.5. The first-order valence-electron chi connectivity index (χ1n) is 11.5. The fourth-order valence-electron chi connectivity index (χ4n) is 4.31. The topological polar surface area (TPSA) is 65.0 Å². The molecular weight excluding hydrogens is 450 g/mol. The van der Waals surface area contributed by atoms with Gasteiger partial charge in [-0.05, 0) is 60.0 Å². The van der Waals surface area contributed by atoms with Crippen LogP contribution in [0.2, 0.25) is 0 Å². The predicted octanol–water partition coefficient (Wildman–Crippen LogP) is 7.11. The summed E-state index contributed by atoms with van der Waals surface area (Å²) in [5, 5.41) is 1.35. The van der Waals surface area contributed by atoms with Gasteiger partial charge in [-0.15, -0.1) is 0 Å². The highest BCUT2D eigenvalue weighted by molar-refractivity contribution is 6.26. The third kappa shape index (κ3) is 3.93. The van der Waals surface area contributed by atoms with Crippen LogP contribution in [-0.4, -0.2) is 17.7 Å². The smallest absolute Gasteiger partial charge is 0.345 e. The normalized spacial score (nSPS) is 13.4. The van der Waals surface area contributed by atoms with Crippen molar-refractivity contribution in [3.63, 3.8) is 0 Å². The number of ketones is 1. The van der Waals surface area contributed by atoms with Crippen LogP contribution in [0.1, 0.15) is 31.8 Å². The molecular formula is C31H19NO4. The van der Waals surface area contributed by atoms with E-state index in [1.54, 1.807) is 48.5 Å². The average Bonchev–Trinajstić information content (AvgIpc) is 2.93. The van der Waals surface area contributed by atoms with Crippen LogP contribution in [0.15, 0.2) is 120 Å². The molecule has 0 saturated carbocycles. The van der Waals surface area contributed by atoms with E-state index in [0.717, 1.165) is 5.75 Å². The van der Waals surface area contributed by atoms with Crippen molar-refractivity contribution in [3.05, 3.63) is 138 Å². The summed E-state index contributed by atoms with van der Waals surface area (Å²) in [5.74, 6) is 0.995. The molecule has 1 aliphatic heterocycles. The van der Waals surface area contributed by atoms with Crippen LogP contribution in [0.5, 0.6) is 11.5 Å². The number of cyclic esters (lactones) is 1. The van der Waals surface area contributed by atoms with Gasteiger partial charge in [0.05, 0.1) is 11.3 Å². The second-order valence-electron chi connectivity index (χ2n) is 8.30. The highest BCUT2D eigenvalue weighted by Crippen LogP contribution is 2.33. The number of carbonyl (C=O) groups excluding carboxylic acids is 2. The second kappa shape index (κ2) is 8.96. The third-order valence-electron chi connectivity index (χ3n) is 6.01. The Bertz CT molecular complexity index is 1640. The Balaban J connectivity index is 1.39. The highest BCUT2D eigenvalue weighted by Gasteiger charge is 2.28. The van der Waals surface area contributed by atoms with Gasteiger partial charge < -0.3 is 9.47 Å². The molecule has 5 aromatic carbocycles. The van der Waals surface area contributed by atoms with E-state index in [1.807, 2.05) is 66.7 Å². The number of carbonyl (C=O) groups is 2. The summed E-state index contributed by atoms with van der Waals surface area (Å²) in [6, 6.07) is 34.7. The van der Waals surface area contributed by atoms with Crippen LogP contribution in [-0.2, 0) is 4.74 Å². The van der Waals surface area contributed by atoms with Crippen molar-refractivity contribution >= 4 is 34.1 Å². The molecule has 0 atom stereocenters. The molecule has 0 unspecified atom stereocenters. The molecule has 0 spiro atoms. The molecule has 0 fully saturated rings. The monoisotopic (exact) mass is 469 g/mol. The molecule has 1 heterocycles. The first kappa shape index (κ1) is 21.5. The molecule has 0 aliphatic carbocycles. The van der Waals surface area contributed by atoms with Crippen molar-refractivity contribution < 1.29 is 19.1 Å². The Morgan fingerprint density at radius 1 is 0.667 bits per heavy atom. The zero-order valence-corrected chi connectivity index (χ0v) is 19.0. The molecule has 0 N–H and O–H groups in total. The number of aliphatic imine (C=N–C) groups is 1. The van der Waals surface area contributed by atoms with Gasteiger partial charge >= 0.3 is 5.97 Å². The van der Waals surface area contributed by atoms with Gasteiger partial charge in [0.25, 0.3) is 0 Å². The lowest BCUT2D eigenvalue weighted by Gasteiger charge is -2.20. The zero-order chi connectivity index (χ0) is 24.5. The number of hydrogen-bond acceptors (Lipinski definition) is 5. The molecule has 5 nitrogen and oxygen atoms in total. The second-order valence-corrected chi connectivity index (χ2v) is 8.30. The van der Waals surface area contributed by atoms with Crippen molar-refractivity contribution in [2.45, 2.75) is 0 Å². The van der Waals surface area contributed by atoms with Crippen LogP contribution in [0.25, 0.3) is 10.8 Å². The molecule has 0 saturated heterocycles. The molecule has 6 rings (SSSR count). The van der Waals surface area contributed by atoms with E-state index in [1.165, 1.54) is 0 Å². The lowest BCUT2D eigenvalue weighted by molar-refractivity contribution is 0.0716. The van der Waals surface area contributed by atoms with Gasteiger partial charge in [0.1, 0.15) is 11.5 Å². The van der Waals surface area contributed by atoms with Gasteiger partial charge in [-0.1, -0.05) is 60.7 Å². The quantitative estimate of drug-likeness (QED) is 0.203. The van der Waals surface area contributed by atoms with Crippen LogP contribution >= 0.6 is 0 Å². The number of para-hydroxylation sites is 1. The molecule has 0 bridgehead atoms. The number of benzene rings is 5. The number of ether oxygens (including phenoxy) is 2. The van der Waals surface area contributed by atoms with Gasteiger partial charge in [0.2, 0.25) is 5.90 Å². The number of esters is 1. The molecule has 0 radical (unpaired) electrons. The largest absolute Gasteiger partial charge is 0.457 e. The predicted molar refractivity (Wildman–Crippen MR) is 138 cm³/mol. The van der Waals surface area contributed by atoms with Gasteiger partial charge in [0.15, 0.2) is 5.78 Å². The van der Waals surface area contributed by atoms with Crippen LogP contribution < -0.4 is 4.74 Å². The van der Waals surface area contributed by atoms with E-state index < -0.39 is 5.97 Å². The van der Waals surface area contributed by atoms with E-state index >= 15 is 0 Å². The molecule has 172 valence electrons. The molecule has 5 aromatic rings. The number of hydrogen-bond donors (Lipinski definition) is 0. The molecule has 0 aromatic heterocycles. The Morgan fingerprint density at radius 2 is 1.36 bits per heavy atom. The molecule has 0 amide bonds. The van der Waals surface area contributed by atoms with Crippen molar-refractivity contribution in [1.29, 1.82) is 0 Å². The van der Waals surface area contributed by atoms with E-state index in [2.05, 4.69) is 4.99 Å². The van der Waals surface area contributed by atoms with Crippen molar-refractivity contribution in [2.24, 2.45) is 4.99 Å². The summed E-state index contributed by atoms with van der Waals surface area (Å²) in [4.78, 5) is 30.7. The summed E-state index contributed by atoms with van der Waals surface area (Å²) in [6.45, 7) is 0. The van der Waals surface area contributed by atoms with E-state index in [9.17, 15) is 9.59 Å². The first-order chi connectivity index (χ1) is 17.7. The molecule has 36 heavy (non-hydrogen) atoms. The van der Waals surface area contributed by atoms with Crippen molar-refractivity contribution in [2.75, 3.05) is 0 Å². The maximum atomic E-state index is 13.2.